The van der Waals surface area contributed by atoms with Crippen LogP contribution >= 0.6 is 0 Å². The van der Waals surface area contributed by atoms with Crippen LogP contribution in [0, 0.1) is 0 Å². The molecule has 0 saturated heterocycles. The first kappa shape index (κ1) is 17.7. The number of carboxylic acids is 1. The second-order valence-electron chi connectivity index (χ2n) is 5.80. The van der Waals surface area contributed by atoms with Gasteiger partial charge in [0.05, 0.1) is 32.9 Å². The average Bonchev–Trinajstić information content (AvgIpc) is 2.66. The number of carboxylic acid groups (broad SMARTS) is 1. The maximum absolute atomic E-state index is 12.7. The predicted molar refractivity (Wildman–Crippen MR) is 90.4 cm³/mol. The first-order valence-corrected chi connectivity index (χ1v) is 7.86. The number of carbonyl (C=O) groups excluding carboxylic acids is 1. The van der Waals surface area contributed by atoms with E-state index >= 15 is 0 Å². The lowest BCUT2D eigenvalue weighted by atomic mass is 9.94. The highest BCUT2D eigenvalue weighted by Gasteiger charge is 2.32. The molecule has 1 aliphatic rings. The number of aromatic carboxylic acids is 1. The van der Waals surface area contributed by atoms with Crippen LogP contribution in [-0.2, 0) is 6.54 Å². The number of β-amino-alcohol motifs (C(OH)–C–C–N with tert-alkyl or cyclic N) is 1. The fraction of sp³-hybridized carbons (Fsp3) is 0.278. The summed E-state index contributed by atoms with van der Waals surface area (Å²) in [5.41, 5.74) is 1.38. The number of hydrogen-bond donors (Lipinski definition) is 2. The second kappa shape index (κ2) is 7.01. The summed E-state index contributed by atoms with van der Waals surface area (Å²) in [5, 5.41) is 19.5. The van der Waals surface area contributed by atoms with Gasteiger partial charge in [-0.05, 0) is 24.3 Å². The minimum atomic E-state index is -1.16. The lowest BCUT2D eigenvalue weighted by Crippen LogP contribution is -2.38. The molecule has 8 heteroatoms. The molecule has 136 valence electrons. The van der Waals surface area contributed by atoms with Crippen LogP contribution in [-0.4, -0.2) is 52.7 Å². The van der Waals surface area contributed by atoms with Gasteiger partial charge in [0.2, 0.25) is 0 Å². The standard InChI is InChI=1S/C18H18N2O6/c1-25-14-5-6-15(26-2)16-11(14)8-20(9-13(16)21)17(22)10-3-4-12(18(23)24)19-7-10/h3-7,13,21H,8-9H2,1-2H3,(H,23,24). The lowest BCUT2D eigenvalue weighted by Gasteiger charge is -2.34. The molecular weight excluding hydrogens is 340 g/mol. The Bertz CT molecular complexity index is 850. The minimum Gasteiger partial charge on any atom is -0.496 e. The van der Waals surface area contributed by atoms with E-state index in [1.54, 1.807) is 12.1 Å². The third-order valence-electron chi connectivity index (χ3n) is 4.31. The summed E-state index contributed by atoms with van der Waals surface area (Å²) in [7, 11) is 3.03. The zero-order valence-corrected chi connectivity index (χ0v) is 14.3. The van der Waals surface area contributed by atoms with E-state index in [2.05, 4.69) is 4.98 Å². The van der Waals surface area contributed by atoms with Crippen molar-refractivity contribution in [1.29, 1.82) is 0 Å². The van der Waals surface area contributed by atoms with Gasteiger partial charge in [-0.1, -0.05) is 0 Å². The van der Waals surface area contributed by atoms with Crippen molar-refractivity contribution in [2.24, 2.45) is 0 Å². The van der Waals surface area contributed by atoms with Gasteiger partial charge in [0.15, 0.2) is 0 Å². The van der Waals surface area contributed by atoms with Crippen LogP contribution in [0.15, 0.2) is 30.5 Å². The van der Waals surface area contributed by atoms with Crippen molar-refractivity contribution in [2.45, 2.75) is 12.6 Å². The van der Waals surface area contributed by atoms with Crippen molar-refractivity contribution >= 4 is 11.9 Å². The van der Waals surface area contributed by atoms with Crippen molar-refractivity contribution < 1.29 is 29.3 Å². The zero-order chi connectivity index (χ0) is 18.8. The number of fused-ring (bicyclic) bond motifs is 1. The summed E-state index contributed by atoms with van der Waals surface area (Å²) < 4.78 is 10.7. The molecule has 2 N–H and O–H groups in total. The fourth-order valence-corrected chi connectivity index (χ4v) is 3.06. The minimum absolute atomic E-state index is 0.0794. The number of methoxy groups -OCH3 is 2. The van der Waals surface area contributed by atoms with E-state index in [-0.39, 0.29) is 30.3 Å². The quantitative estimate of drug-likeness (QED) is 0.852. The Balaban J connectivity index is 1.92. The van der Waals surface area contributed by atoms with E-state index in [1.807, 2.05) is 0 Å². The van der Waals surface area contributed by atoms with E-state index in [0.717, 1.165) is 0 Å². The molecule has 1 unspecified atom stereocenters. The molecule has 0 saturated carbocycles. The maximum atomic E-state index is 12.7. The van der Waals surface area contributed by atoms with Crippen molar-refractivity contribution in [2.75, 3.05) is 20.8 Å². The number of benzene rings is 1. The number of ether oxygens (including phenoxy) is 2. The van der Waals surface area contributed by atoms with Gasteiger partial charge in [-0.25, -0.2) is 9.78 Å². The number of rotatable bonds is 4. The molecule has 1 aromatic heterocycles. The summed E-state index contributed by atoms with van der Waals surface area (Å²) >= 11 is 0. The Morgan fingerprint density at radius 2 is 1.85 bits per heavy atom. The van der Waals surface area contributed by atoms with Gasteiger partial charge in [-0.2, -0.15) is 0 Å². The van der Waals surface area contributed by atoms with Gasteiger partial charge in [-0.15, -0.1) is 0 Å². The molecular formula is C18H18N2O6. The molecule has 0 radical (unpaired) electrons. The zero-order valence-electron chi connectivity index (χ0n) is 14.3. The summed E-state index contributed by atoms with van der Waals surface area (Å²) in [6.45, 7) is 0.308. The van der Waals surface area contributed by atoms with Gasteiger partial charge in [0, 0.05) is 17.3 Å². The van der Waals surface area contributed by atoms with Crippen LogP contribution in [0.5, 0.6) is 11.5 Å². The highest BCUT2D eigenvalue weighted by molar-refractivity contribution is 5.95. The van der Waals surface area contributed by atoms with Gasteiger partial charge in [0.25, 0.3) is 5.91 Å². The first-order valence-electron chi connectivity index (χ1n) is 7.86. The molecule has 26 heavy (non-hydrogen) atoms. The van der Waals surface area contributed by atoms with Crippen LogP contribution in [0.1, 0.15) is 38.1 Å². The number of nitrogens with zero attached hydrogens (tertiary/aromatic N) is 2. The Labute approximate surface area is 149 Å². The number of aliphatic hydroxyl groups is 1. The van der Waals surface area contributed by atoms with Crippen LogP contribution in [0.3, 0.4) is 0 Å². The third kappa shape index (κ3) is 3.06. The van der Waals surface area contributed by atoms with Gasteiger partial charge < -0.3 is 24.6 Å². The summed E-state index contributed by atoms with van der Waals surface area (Å²) in [5.74, 6) is -0.434. The summed E-state index contributed by atoms with van der Waals surface area (Å²) in [6.07, 6.45) is 0.287. The van der Waals surface area contributed by atoms with Crippen LogP contribution in [0.2, 0.25) is 0 Å². The molecule has 1 atom stereocenters. The molecule has 1 aliphatic heterocycles. The van der Waals surface area contributed by atoms with Crippen molar-refractivity contribution in [3.05, 3.63) is 52.8 Å². The smallest absolute Gasteiger partial charge is 0.354 e. The van der Waals surface area contributed by atoms with E-state index in [4.69, 9.17) is 14.6 Å². The molecule has 1 aromatic carbocycles. The van der Waals surface area contributed by atoms with E-state index in [1.165, 1.54) is 37.4 Å². The Morgan fingerprint density at radius 3 is 2.42 bits per heavy atom. The number of pyridine rings is 1. The van der Waals surface area contributed by atoms with E-state index < -0.39 is 12.1 Å². The molecule has 0 spiro atoms. The second-order valence-corrected chi connectivity index (χ2v) is 5.80. The molecule has 2 aromatic rings. The van der Waals surface area contributed by atoms with E-state index in [0.29, 0.717) is 22.6 Å². The molecule has 0 fully saturated rings. The first-order chi connectivity index (χ1) is 12.5. The lowest BCUT2D eigenvalue weighted by molar-refractivity contribution is 0.0537. The maximum Gasteiger partial charge on any atom is 0.354 e. The van der Waals surface area contributed by atoms with Crippen LogP contribution in [0.25, 0.3) is 0 Å². The number of aliphatic hydroxyl groups excluding tert-OH is 1. The SMILES string of the molecule is COc1ccc(OC)c2c1CN(C(=O)c1ccc(C(=O)O)nc1)CC2O. The van der Waals surface area contributed by atoms with E-state index in [9.17, 15) is 14.7 Å². The van der Waals surface area contributed by atoms with Crippen LogP contribution < -0.4 is 9.47 Å². The normalized spacial score (nSPS) is 16.0. The van der Waals surface area contributed by atoms with Crippen LogP contribution in [0.4, 0.5) is 0 Å². The van der Waals surface area contributed by atoms with Crippen molar-refractivity contribution in [1.82, 2.24) is 9.88 Å². The number of carbonyl (C=O) groups is 2. The van der Waals surface area contributed by atoms with Crippen molar-refractivity contribution in [3.63, 3.8) is 0 Å². The number of hydrogen-bond acceptors (Lipinski definition) is 6. The molecule has 3 rings (SSSR count). The Kier molecular flexibility index (Phi) is 4.77. The largest absolute Gasteiger partial charge is 0.496 e. The Hall–Kier alpha value is -3.13. The molecule has 8 nitrogen and oxygen atoms in total. The molecule has 0 aliphatic carbocycles. The Morgan fingerprint density at radius 1 is 1.15 bits per heavy atom. The third-order valence-corrected chi connectivity index (χ3v) is 4.31. The molecule has 1 amide bonds. The highest BCUT2D eigenvalue weighted by atomic mass is 16.5. The fourth-order valence-electron chi connectivity index (χ4n) is 3.06. The number of amides is 1. The molecule has 2 heterocycles. The van der Waals surface area contributed by atoms with Gasteiger partial charge in [-0.3, -0.25) is 4.79 Å². The molecule has 0 bridgehead atoms. The average molecular weight is 358 g/mol. The summed E-state index contributed by atoms with van der Waals surface area (Å²) in [4.78, 5) is 28.9. The summed E-state index contributed by atoms with van der Waals surface area (Å²) in [6, 6.07) is 6.12. The number of aromatic nitrogens is 1. The predicted octanol–water partition coefficient (Wildman–Crippen LogP) is 1.49. The van der Waals surface area contributed by atoms with Gasteiger partial charge in [0.1, 0.15) is 23.3 Å². The topological polar surface area (TPSA) is 109 Å². The highest BCUT2D eigenvalue weighted by Crippen LogP contribution is 2.39. The monoisotopic (exact) mass is 358 g/mol. The van der Waals surface area contributed by atoms with Crippen molar-refractivity contribution in [3.8, 4) is 11.5 Å². The van der Waals surface area contributed by atoms with Gasteiger partial charge >= 0.3 is 5.97 Å².